The van der Waals surface area contributed by atoms with Crippen molar-refractivity contribution in [1.29, 1.82) is 0 Å². The fourth-order valence-corrected chi connectivity index (χ4v) is 3.92. The molecule has 31 heavy (non-hydrogen) atoms. The second-order valence-electron chi connectivity index (χ2n) is 7.45. The lowest BCUT2D eigenvalue weighted by Crippen LogP contribution is -2.48. The molecule has 0 amide bonds. The van der Waals surface area contributed by atoms with Gasteiger partial charge in [-0.3, -0.25) is 9.39 Å². The molecule has 9 heteroatoms. The van der Waals surface area contributed by atoms with Crippen LogP contribution in [0.1, 0.15) is 24.2 Å². The molecular weight excluding hydrogens is 507 g/mol. The molecule has 0 saturated carbocycles. The highest BCUT2D eigenvalue weighted by Gasteiger charge is 2.34. The van der Waals surface area contributed by atoms with Crippen LogP contribution >= 0.6 is 24.0 Å². The number of methoxy groups -OCH3 is 1. The molecule has 3 heterocycles. The van der Waals surface area contributed by atoms with Crippen LogP contribution in [-0.4, -0.2) is 54.5 Å². The van der Waals surface area contributed by atoms with Gasteiger partial charge >= 0.3 is 0 Å². The van der Waals surface area contributed by atoms with Gasteiger partial charge in [0, 0.05) is 38.4 Å². The number of benzene rings is 1. The van der Waals surface area contributed by atoms with Gasteiger partial charge in [-0.15, -0.1) is 34.2 Å². The van der Waals surface area contributed by atoms with E-state index in [2.05, 4.69) is 38.0 Å². The van der Waals surface area contributed by atoms with Crippen LogP contribution in [0.15, 0.2) is 53.7 Å². The van der Waals surface area contributed by atoms with E-state index in [1.54, 1.807) is 14.2 Å². The molecule has 1 saturated heterocycles. The average molecular weight is 536 g/mol. The molecule has 0 aliphatic carbocycles. The van der Waals surface area contributed by atoms with Crippen molar-refractivity contribution < 1.29 is 9.47 Å². The van der Waals surface area contributed by atoms with E-state index in [0.717, 1.165) is 55.8 Å². The third-order valence-electron chi connectivity index (χ3n) is 5.77. The summed E-state index contributed by atoms with van der Waals surface area (Å²) in [5.74, 6) is 2.44. The quantitative estimate of drug-likeness (QED) is 0.287. The predicted octanol–water partition coefficient (Wildman–Crippen LogP) is 2.77. The summed E-state index contributed by atoms with van der Waals surface area (Å²) in [4.78, 5) is 4.39. The maximum atomic E-state index is 5.65. The first-order chi connectivity index (χ1) is 14.7. The van der Waals surface area contributed by atoms with E-state index < -0.39 is 0 Å². The van der Waals surface area contributed by atoms with Gasteiger partial charge in [-0.2, -0.15) is 0 Å². The number of guanidine groups is 1. The van der Waals surface area contributed by atoms with Crippen LogP contribution in [0.5, 0.6) is 5.75 Å². The zero-order chi connectivity index (χ0) is 20.8. The number of fused-ring (bicyclic) bond motifs is 1. The maximum Gasteiger partial charge on any atom is 0.191 e. The van der Waals surface area contributed by atoms with Gasteiger partial charge in [0.15, 0.2) is 17.4 Å². The Morgan fingerprint density at radius 2 is 1.90 bits per heavy atom. The van der Waals surface area contributed by atoms with Crippen molar-refractivity contribution in [3.8, 4) is 5.75 Å². The Morgan fingerprint density at radius 1 is 1.13 bits per heavy atom. The molecule has 0 atom stereocenters. The van der Waals surface area contributed by atoms with Gasteiger partial charge in [0.2, 0.25) is 0 Å². The lowest BCUT2D eigenvalue weighted by molar-refractivity contribution is 0.0513. The Labute approximate surface area is 199 Å². The predicted molar refractivity (Wildman–Crippen MR) is 131 cm³/mol. The van der Waals surface area contributed by atoms with E-state index in [0.29, 0.717) is 6.54 Å². The molecule has 1 aliphatic heterocycles. The highest BCUT2D eigenvalue weighted by molar-refractivity contribution is 14.0. The molecule has 1 aromatic carbocycles. The zero-order valence-electron chi connectivity index (χ0n) is 17.9. The number of pyridine rings is 1. The second kappa shape index (κ2) is 10.8. The smallest absolute Gasteiger partial charge is 0.191 e. The van der Waals surface area contributed by atoms with Crippen LogP contribution in [0.25, 0.3) is 5.65 Å². The molecule has 0 bridgehead atoms. The number of hydrogen-bond donors (Lipinski definition) is 2. The summed E-state index contributed by atoms with van der Waals surface area (Å²) < 4.78 is 12.9. The van der Waals surface area contributed by atoms with Gasteiger partial charge in [0.1, 0.15) is 5.75 Å². The molecule has 2 aromatic heterocycles. The fourth-order valence-electron chi connectivity index (χ4n) is 3.92. The normalized spacial score (nSPS) is 15.9. The van der Waals surface area contributed by atoms with Gasteiger partial charge in [-0.25, -0.2) is 0 Å². The van der Waals surface area contributed by atoms with Crippen LogP contribution in [0.4, 0.5) is 0 Å². The summed E-state index contributed by atoms with van der Waals surface area (Å²) in [6.45, 7) is 2.81. The molecule has 1 fully saturated rings. The van der Waals surface area contributed by atoms with Crippen LogP contribution in [0, 0.1) is 0 Å². The van der Waals surface area contributed by atoms with E-state index in [9.17, 15) is 0 Å². The van der Waals surface area contributed by atoms with E-state index in [1.165, 1.54) is 5.56 Å². The number of rotatable bonds is 6. The summed E-state index contributed by atoms with van der Waals surface area (Å²) in [7, 11) is 3.47. The SMILES string of the molecule is CN=C(NCc1nnc2ccccn12)NCC1(c2ccc(OC)cc2)CCOCC1.I. The third kappa shape index (κ3) is 5.27. The van der Waals surface area contributed by atoms with E-state index in [-0.39, 0.29) is 29.4 Å². The highest BCUT2D eigenvalue weighted by atomic mass is 127. The minimum Gasteiger partial charge on any atom is -0.497 e. The maximum absolute atomic E-state index is 5.65. The molecule has 3 aromatic rings. The Balaban J connectivity index is 0.00000272. The topological polar surface area (TPSA) is 85.1 Å². The molecule has 8 nitrogen and oxygen atoms in total. The van der Waals surface area contributed by atoms with Gasteiger partial charge in [-0.1, -0.05) is 18.2 Å². The first kappa shape index (κ1) is 23.3. The van der Waals surface area contributed by atoms with Crippen molar-refractivity contribution in [3.63, 3.8) is 0 Å². The summed E-state index contributed by atoms with van der Waals surface area (Å²) in [5.41, 5.74) is 2.11. The van der Waals surface area contributed by atoms with Crippen molar-refractivity contribution >= 4 is 35.6 Å². The Bertz CT molecular complexity index is 999. The van der Waals surface area contributed by atoms with E-state index in [4.69, 9.17) is 9.47 Å². The van der Waals surface area contributed by atoms with Crippen LogP contribution in [-0.2, 0) is 16.7 Å². The fraction of sp³-hybridized carbons (Fsp3) is 0.409. The van der Waals surface area contributed by atoms with Crippen molar-refractivity contribution in [2.24, 2.45) is 4.99 Å². The lowest BCUT2D eigenvalue weighted by atomic mass is 9.74. The molecular formula is C22H29IN6O2. The summed E-state index contributed by atoms with van der Waals surface area (Å²) in [5, 5.41) is 15.3. The number of aromatic nitrogens is 3. The largest absolute Gasteiger partial charge is 0.497 e. The van der Waals surface area contributed by atoms with Gasteiger partial charge < -0.3 is 20.1 Å². The summed E-state index contributed by atoms with van der Waals surface area (Å²) >= 11 is 0. The number of aliphatic imine (C=N–C) groups is 1. The summed E-state index contributed by atoms with van der Waals surface area (Å²) in [6.07, 6.45) is 3.87. The van der Waals surface area contributed by atoms with Crippen molar-refractivity contribution in [2.75, 3.05) is 33.9 Å². The first-order valence-electron chi connectivity index (χ1n) is 10.2. The van der Waals surface area contributed by atoms with Gasteiger partial charge in [0.05, 0.1) is 13.7 Å². The third-order valence-corrected chi connectivity index (χ3v) is 5.77. The van der Waals surface area contributed by atoms with E-state index in [1.807, 2.05) is 40.9 Å². The minimum atomic E-state index is -0.0102. The Morgan fingerprint density at radius 3 is 2.61 bits per heavy atom. The highest BCUT2D eigenvalue weighted by Crippen LogP contribution is 2.35. The number of halogens is 1. The zero-order valence-corrected chi connectivity index (χ0v) is 20.2. The molecule has 0 unspecified atom stereocenters. The monoisotopic (exact) mass is 536 g/mol. The number of nitrogens with zero attached hydrogens (tertiary/aromatic N) is 4. The Kier molecular flexibility index (Phi) is 8.08. The summed E-state index contributed by atoms with van der Waals surface area (Å²) in [6, 6.07) is 14.2. The number of nitrogens with one attached hydrogen (secondary N) is 2. The first-order valence-corrected chi connectivity index (χ1v) is 10.2. The Hall–Kier alpha value is -2.40. The minimum absolute atomic E-state index is 0. The average Bonchev–Trinajstić information content (AvgIpc) is 3.23. The molecule has 4 rings (SSSR count). The van der Waals surface area contributed by atoms with Crippen LogP contribution in [0.3, 0.4) is 0 Å². The molecule has 0 radical (unpaired) electrons. The van der Waals surface area contributed by atoms with Crippen molar-refractivity contribution in [2.45, 2.75) is 24.8 Å². The lowest BCUT2D eigenvalue weighted by Gasteiger charge is -2.38. The van der Waals surface area contributed by atoms with Gasteiger partial charge in [0.25, 0.3) is 0 Å². The molecule has 0 spiro atoms. The van der Waals surface area contributed by atoms with E-state index >= 15 is 0 Å². The van der Waals surface area contributed by atoms with Crippen LogP contribution < -0.4 is 15.4 Å². The van der Waals surface area contributed by atoms with Crippen LogP contribution in [0.2, 0.25) is 0 Å². The van der Waals surface area contributed by atoms with Gasteiger partial charge in [-0.05, 0) is 42.7 Å². The number of ether oxygens (including phenoxy) is 2. The second-order valence-corrected chi connectivity index (χ2v) is 7.45. The molecule has 166 valence electrons. The molecule has 2 N–H and O–H groups in total. The molecule has 1 aliphatic rings. The standard InChI is InChI=1S/C22H28N6O2.HI/c1-23-21(24-15-20-27-26-19-5-3-4-12-28(19)20)25-16-22(10-13-30-14-11-22)17-6-8-18(29-2)9-7-17;/h3-9,12H,10-11,13-16H2,1-2H3,(H2,23,24,25);1H. The number of hydrogen-bond acceptors (Lipinski definition) is 5. The van der Waals surface area contributed by atoms with Crippen molar-refractivity contribution in [1.82, 2.24) is 25.2 Å². The van der Waals surface area contributed by atoms with Crippen molar-refractivity contribution in [3.05, 3.63) is 60.0 Å².